The first-order valence-electron chi connectivity index (χ1n) is 11.5. The Morgan fingerprint density at radius 3 is 1.32 bits per heavy atom. The van der Waals surface area contributed by atoms with Gasteiger partial charge in [0.05, 0.1) is 11.6 Å². The summed E-state index contributed by atoms with van der Waals surface area (Å²) in [6.07, 6.45) is 10.9. The van der Waals surface area contributed by atoms with Gasteiger partial charge in [0.25, 0.3) is 0 Å². The van der Waals surface area contributed by atoms with Crippen molar-refractivity contribution in [2.75, 3.05) is 0 Å². The molecular weight excluding hydrogens is 599 g/mol. The van der Waals surface area contributed by atoms with Gasteiger partial charge in [-0.3, -0.25) is 9.97 Å². The third kappa shape index (κ3) is 5.28. The van der Waals surface area contributed by atoms with E-state index >= 15 is 0 Å². The molecule has 0 atom stereocenters. The third-order valence-electron chi connectivity index (χ3n) is 6.23. The van der Waals surface area contributed by atoms with E-state index < -0.39 is 0 Å². The van der Waals surface area contributed by atoms with Gasteiger partial charge in [0.2, 0.25) is 0 Å². The minimum atomic E-state index is -0.369. The molecule has 4 rings (SSSR count). The van der Waals surface area contributed by atoms with Crippen LogP contribution in [0.2, 0.25) is 0 Å². The molecule has 0 unspecified atom stereocenters. The summed E-state index contributed by atoms with van der Waals surface area (Å²) in [6, 6.07) is 16.4. The largest absolute Gasteiger partial charge is 2.00 e. The maximum Gasteiger partial charge on any atom is 2.00 e. The molecule has 0 fully saturated rings. The fourth-order valence-corrected chi connectivity index (χ4v) is 3.73. The Morgan fingerprint density at radius 2 is 1.00 bits per heavy atom. The van der Waals surface area contributed by atoms with Crippen LogP contribution in [0.1, 0.15) is 77.9 Å². The molecule has 4 aromatic rings. The third-order valence-corrected chi connectivity index (χ3v) is 6.23. The Hall–Kier alpha value is -2.45. The van der Waals surface area contributed by atoms with Gasteiger partial charge in [-0.25, -0.2) is 0 Å². The summed E-state index contributed by atoms with van der Waals surface area (Å²) < 4.78 is 3.96. The number of aromatic nitrogens is 4. The average molecular weight is 634 g/mol. The molecule has 0 radical (unpaired) electrons. The minimum Gasteiger partial charge on any atom is -0.435 e. The maximum absolute atomic E-state index is 5.00. The summed E-state index contributed by atoms with van der Waals surface area (Å²) in [5, 5.41) is 0. The molecule has 0 spiro atoms. The molecule has 0 aliphatic carbocycles. The molecule has 0 saturated carbocycles. The van der Waals surface area contributed by atoms with Gasteiger partial charge in [-0.05, 0) is 26.0 Å². The molecule has 0 aliphatic rings. The van der Waals surface area contributed by atoms with E-state index in [1.54, 1.807) is 0 Å². The topological polar surface area (TPSA) is 35.6 Å². The van der Waals surface area contributed by atoms with Crippen LogP contribution in [-0.4, -0.2) is 19.1 Å². The molecule has 4 aromatic heterocycles. The fourth-order valence-electron chi connectivity index (χ4n) is 3.73. The van der Waals surface area contributed by atoms with Crippen molar-refractivity contribution in [2.45, 2.75) is 71.6 Å². The molecule has 0 aliphatic heterocycles. The number of rotatable bonds is 4. The van der Waals surface area contributed by atoms with Gasteiger partial charge in [-0.2, -0.15) is 0 Å². The summed E-state index contributed by atoms with van der Waals surface area (Å²) in [5.74, 6) is 1.72. The zero-order valence-electron chi connectivity index (χ0n) is 21.4. The zero-order chi connectivity index (χ0) is 24.0. The second-order valence-electron chi connectivity index (χ2n) is 11.3. The molecule has 0 saturated heterocycles. The van der Waals surface area contributed by atoms with E-state index in [-0.39, 0.29) is 37.3 Å². The summed E-state index contributed by atoms with van der Waals surface area (Å²) in [5.41, 5.74) is 4.19. The van der Waals surface area contributed by atoms with Gasteiger partial charge in [-0.1, -0.05) is 89.0 Å². The molecule has 34 heavy (non-hydrogen) atoms. The standard InChI is InChI=1S/C29H34N4.Pt/c1-27(2,3)21-15-17-32(19-21)25-13-9-11-23(30-25)29(7,8)24-12-10-14-26(31-24)33-18-16-22(20-33)28(4,5)6;/h9-16,19-20H,1-8H3;/q-2;+2. The Morgan fingerprint density at radius 1 is 0.618 bits per heavy atom. The van der Waals surface area contributed by atoms with Crippen molar-refractivity contribution in [1.82, 2.24) is 19.1 Å². The second kappa shape index (κ2) is 9.30. The quantitative estimate of drug-likeness (QED) is 0.238. The maximum atomic E-state index is 5.00. The van der Waals surface area contributed by atoms with E-state index in [1.165, 1.54) is 11.1 Å². The van der Waals surface area contributed by atoms with E-state index in [0.29, 0.717) is 0 Å². The van der Waals surface area contributed by atoms with Gasteiger partial charge in [0.1, 0.15) is 0 Å². The smallest absolute Gasteiger partial charge is 0.435 e. The number of hydrogen-bond acceptors (Lipinski definition) is 2. The number of nitrogens with zero attached hydrogens (tertiary/aromatic N) is 4. The Labute approximate surface area is 218 Å². The summed E-state index contributed by atoms with van der Waals surface area (Å²) in [7, 11) is 0. The monoisotopic (exact) mass is 633 g/mol. The van der Waals surface area contributed by atoms with E-state index in [1.807, 2.05) is 33.4 Å². The van der Waals surface area contributed by atoms with Gasteiger partial charge >= 0.3 is 21.1 Å². The van der Waals surface area contributed by atoms with Crippen molar-refractivity contribution in [2.24, 2.45) is 0 Å². The number of pyridine rings is 2. The average Bonchev–Trinajstić information content (AvgIpc) is 3.44. The Bertz CT molecular complexity index is 1170. The Kier molecular flexibility index (Phi) is 7.16. The predicted octanol–water partition coefficient (Wildman–Crippen LogP) is 6.58. The molecule has 0 N–H and O–H groups in total. The molecule has 4 nitrogen and oxygen atoms in total. The number of hydrogen-bond donors (Lipinski definition) is 0. The van der Waals surface area contributed by atoms with Crippen LogP contribution in [0.25, 0.3) is 11.6 Å². The molecule has 0 bridgehead atoms. The molecule has 0 amide bonds. The molecule has 5 heteroatoms. The van der Waals surface area contributed by atoms with E-state index in [0.717, 1.165) is 23.0 Å². The SMILES string of the molecule is CC(C)(C)c1c[c-]n(-c2cccc(C(C)(C)c3cccc(-n4[c-]cc(C(C)(C)C)c4)n3)n2)c1.[Pt+2]. The van der Waals surface area contributed by atoms with Gasteiger partial charge in [0.15, 0.2) is 0 Å². The Balaban J connectivity index is 0.00000324. The van der Waals surface area contributed by atoms with Gasteiger partial charge < -0.3 is 9.13 Å². The van der Waals surface area contributed by atoms with Crippen LogP contribution in [-0.2, 0) is 37.3 Å². The first-order chi connectivity index (χ1) is 15.4. The van der Waals surface area contributed by atoms with Crippen molar-refractivity contribution < 1.29 is 21.1 Å². The van der Waals surface area contributed by atoms with E-state index in [2.05, 4.69) is 104 Å². The molecular formula is C29H34N4Pt. The fraction of sp³-hybridized carbons (Fsp3) is 0.379. The van der Waals surface area contributed by atoms with Gasteiger partial charge in [0, 0.05) is 16.8 Å². The zero-order valence-corrected chi connectivity index (χ0v) is 23.7. The van der Waals surface area contributed by atoms with Crippen LogP contribution in [0, 0.1) is 12.4 Å². The summed E-state index contributed by atoms with van der Waals surface area (Å²) in [6.45, 7) is 17.6. The first kappa shape index (κ1) is 26.2. The van der Waals surface area contributed by atoms with Crippen LogP contribution in [0.15, 0.2) is 60.9 Å². The molecule has 0 aromatic carbocycles. The molecule has 4 heterocycles. The van der Waals surface area contributed by atoms with Crippen LogP contribution in [0.4, 0.5) is 0 Å². The van der Waals surface area contributed by atoms with Crippen molar-refractivity contribution >= 4 is 0 Å². The summed E-state index contributed by atoms with van der Waals surface area (Å²) >= 11 is 0. The minimum absolute atomic E-state index is 0. The van der Waals surface area contributed by atoms with Crippen molar-refractivity contribution in [3.63, 3.8) is 0 Å². The van der Waals surface area contributed by atoms with Gasteiger partial charge in [-0.15, -0.1) is 35.7 Å². The first-order valence-corrected chi connectivity index (χ1v) is 11.5. The van der Waals surface area contributed by atoms with Crippen molar-refractivity contribution in [3.8, 4) is 11.6 Å². The van der Waals surface area contributed by atoms with Crippen LogP contribution in [0.3, 0.4) is 0 Å². The molecule has 180 valence electrons. The predicted molar refractivity (Wildman–Crippen MR) is 134 cm³/mol. The van der Waals surface area contributed by atoms with E-state index in [4.69, 9.17) is 9.97 Å². The van der Waals surface area contributed by atoms with E-state index in [9.17, 15) is 0 Å². The van der Waals surface area contributed by atoms with Crippen molar-refractivity contribution in [1.29, 1.82) is 0 Å². The van der Waals surface area contributed by atoms with Crippen molar-refractivity contribution in [3.05, 3.63) is 95.8 Å². The van der Waals surface area contributed by atoms with Crippen LogP contribution in [0.5, 0.6) is 0 Å². The van der Waals surface area contributed by atoms with Crippen LogP contribution >= 0.6 is 0 Å². The normalized spacial score (nSPS) is 12.5. The summed E-state index contributed by atoms with van der Waals surface area (Å²) in [4.78, 5) is 10.0. The van der Waals surface area contributed by atoms with Crippen LogP contribution < -0.4 is 0 Å². The second-order valence-corrected chi connectivity index (χ2v) is 11.3.